The van der Waals surface area contributed by atoms with Crippen molar-refractivity contribution in [2.45, 2.75) is 0 Å². The molecule has 1 N–H and O–H groups in total. The molecule has 104 valence electrons. The van der Waals surface area contributed by atoms with Crippen LogP contribution in [-0.2, 0) is 0 Å². The van der Waals surface area contributed by atoms with Gasteiger partial charge in [0.2, 0.25) is 0 Å². The summed E-state index contributed by atoms with van der Waals surface area (Å²) in [5.41, 5.74) is 2.50. The summed E-state index contributed by atoms with van der Waals surface area (Å²) in [6.07, 6.45) is 8.15. The Morgan fingerprint density at radius 3 is 2.52 bits per heavy atom. The largest absolute Gasteiger partial charge is 0.495 e. The number of hydrogen-bond donors (Lipinski definition) is 1. The second kappa shape index (κ2) is 5.96. The molecule has 0 radical (unpaired) electrons. The minimum absolute atomic E-state index is 0.671. The van der Waals surface area contributed by atoms with E-state index < -0.39 is 0 Å². The Morgan fingerprint density at radius 2 is 1.71 bits per heavy atom. The van der Waals surface area contributed by atoms with Crippen LogP contribution in [0.15, 0.2) is 55.5 Å². The lowest BCUT2D eigenvalue weighted by Gasteiger charge is -2.12. The molecule has 0 aliphatic rings. The van der Waals surface area contributed by atoms with Crippen molar-refractivity contribution in [1.29, 1.82) is 0 Å². The van der Waals surface area contributed by atoms with Crippen LogP contribution in [0.5, 0.6) is 5.75 Å². The van der Waals surface area contributed by atoms with E-state index in [1.54, 1.807) is 25.7 Å². The van der Waals surface area contributed by atoms with E-state index in [0.717, 1.165) is 22.6 Å². The highest BCUT2D eigenvalue weighted by molar-refractivity contribution is 5.78. The van der Waals surface area contributed by atoms with Gasteiger partial charge in [0.05, 0.1) is 12.8 Å². The standard InChI is InChI=1S/C15H13N5O/c1-21-14-5-3-2-4-13(14)20-15-12(8-18-10-19-15)11-6-16-9-17-7-11/h2-10H,1H3,(H,18,19,20). The third-order valence-electron chi connectivity index (χ3n) is 2.94. The zero-order valence-corrected chi connectivity index (χ0v) is 11.4. The van der Waals surface area contributed by atoms with Crippen molar-refractivity contribution >= 4 is 11.5 Å². The van der Waals surface area contributed by atoms with E-state index in [-0.39, 0.29) is 0 Å². The quantitative estimate of drug-likeness (QED) is 0.791. The van der Waals surface area contributed by atoms with Gasteiger partial charge in [-0.05, 0) is 12.1 Å². The fraction of sp³-hybridized carbons (Fsp3) is 0.0667. The summed E-state index contributed by atoms with van der Waals surface area (Å²) in [5, 5.41) is 3.26. The molecule has 0 amide bonds. The lowest BCUT2D eigenvalue weighted by molar-refractivity contribution is 0.417. The molecule has 1 aromatic carbocycles. The lowest BCUT2D eigenvalue weighted by Crippen LogP contribution is -1.99. The fourth-order valence-corrected chi connectivity index (χ4v) is 1.95. The molecule has 3 rings (SSSR count). The summed E-state index contributed by atoms with van der Waals surface area (Å²) < 4.78 is 5.33. The highest BCUT2D eigenvalue weighted by atomic mass is 16.5. The van der Waals surface area contributed by atoms with E-state index in [1.807, 2.05) is 24.3 Å². The average Bonchev–Trinajstić information content (AvgIpc) is 2.57. The highest BCUT2D eigenvalue weighted by Gasteiger charge is 2.09. The van der Waals surface area contributed by atoms with E-state index in [4.69, 9.17) is 4.74 Å². The number of ether oxygens (including phenoxy) is 1. The van der Waals surface area contributed by atoms with E-state index in [0.29, 0.717) is 5.82 Å². The van der Waals surface area contributed by atoms with Gasteiger partial charge >= 0.3 is 0 Å². The number of nitrogens with zero attached hydrogens (tertiary/aromatic N) is 4. The maximum Gasteiger partial charge on any atom is 0.142 e. The number of hydrogen-bond acceptors (Lipinski definition) is 6. The van der Waals surface area contributed by atoms with Crippen LogP contribution < -0.4 is 10.1 Å². The molecule has 0 saturated carbocycles. The fourth-order valence-electron chi connectivity index (χ4n) is 1.95. The van der Waals surface area contributed by atoms with Crippen LogP contribution in [0.2, 0.25) is 0 Å². The van der Waals surface area contributed by atoms with E-state index >= 15 is 0 Å². The van der Waals surface area contributed by atoms with Crippen molar-refractivity contribution in [2.24, 2.45) is 0 Å². The molecule has 0 bridgehead atoms. The predicted molar refractivity (Wildman–Crippen MR) is 79.3 cm³/mol. The Kier molecular flexibility index (Phi) is 3.68. The third-order valence-corrected chi connectivity index (χ3v) is 2.94. The molecule has 0 aliphatic heterocycles. The molecule has 6 nitrogen and oxygen atoms in total. The summed E-state index contributed by atoms with van der Waals surface area (Å²) in [4.78, 5) is 16.4. The first-order valence-corrected chi connectivity index (χ1v) is 6.34. The van der Waals surface area contributed by atoms with Gasteiger partial charge in [0, 0.05) is 29.7 Å². The molecular formula is C15H13N5O. The van der Waals surface area contributed by atoms with Crippen molar-refractivity contribution in [2.75, 3.05) is 12.4 Å². The molecule has 0 aliphatic carbocycles. The summed E-state index contributed by atoms with van der Waals surface area (Å²) in [7, 11) is 1.63. The Morgan fingerprint density at radius 1 is 0.952 bits per heavy atom. The molecule has 0 unspecified atom stereocenters. The average molecular weight is 279 g/mol. The first-order valence-electron chi connectivity index (χ1n) is 6.34. The van der Waals surface area contributed by atoms with E-state index in [1.165, 1.54) is 12.7 Å². The molecule has 2 aromatic heterocycles. The Hall–Kier alpha value is -3.02. The number of nitrogens with one attached hydrogen (secondary N) is 1. The van der Waals surface area contributed by atoms with Crippen molar-refractivity contribution < 1.29 is 4.74 Å². The summed E-state index contributed by atoms with van der Waals surface area (Å²) in [6.45, 7) is 0. The maximum atomic E-state index is 5.33. The van der Waals surface area contributed by atoms with Crippen molar-refractivity contribution in [3.63, 3.8) is 0 Å². The minimum Gasteiger partial charge on any atom is -0.495 e. The second-order valence-corrected chi connectivity index (χ2v) is 4.24. The Labute approximate surface area is 121 Å². The molecule has 0 saturated heterocycles. The van der Waals surface area contributed by atoms with Crippen LogP contribution in [0.3, 0.4) is 0 Å². The first-order chi connectivity index (χ1) is 10.4. The van der Waals surface area contributed by atoms with Crippen molar-refractivity contribution in [1.82, 2.24) is 19.9 Å². The summed E-state index contributed by atoms with van der Waals surface area (Å²) in [6, 6.07) is 7.65. The van der Waals surface area contributed by atoms with Crippen molar-refractivity contribution in [3.05, 3.63) is 55.5 Å². The number of methoxy groups -OCH3 is 1. The number of benzene rings is 1. The van der Waals surface area contributed by atoms with Gasteiger partial charge in [-0.1, -0.05) is 12.1 Å². The monoisotopic (exact) mass is 279 g/mol. The summed E-state index contributed by atoms with van der Waals surface area (Å²) in [5.74, 6) is 1.41. The second-order valence-electron chi connectivity index (χ2n) is 4.24. The summed E-state index contributed by atoms with van der Waals surface area (Å²) >= 11 is 0. The maximum absolute atomic E-state index is 5.33. The van der Waals surface area contributed by atoms with Gasteiger partial charge in [0.1, 0.15) is 24.2 Å². The van der Waals surface area contributed by atoms with Gasteiger partial charge in [-0.25, -0.2) is 19.9 Å². The zero-order chi connectivity index (χ0) is 14.5. The van der Waals surface area contributed by atoms with Crippen LogP contribution in [-0.4, -0.2) is 27.0 Å². The molecule has 6 heteroatoms. The molecule has 0 spiro atoms. The molecule has 3 aromatic rings. The zero-order valence-electron chi connectivity index (χ0n) is 11.4. The normalized spacial score (nSPS) is 10.1. The van der Waals surface area contributed by atoms with Gasteiger partial charge in [-0.3, -0.25) is 0 Å². The van der Waals surface area contributed by atoms with Crippen LogP contribution in [0.4, 0.5) is 11.5 Å². The Balaban J connectivity index is 2.00. The smallest absolute Gasteiger partial charge is 0.142 e. The SMILES string of the molecule is COc1ccccc1Nc1ncncc1-c1cncnc1. The van der Waals surface area contributed by atoms with Gasteiger partial charge in [0.15, 0.2) is 0 Å². The predicted octanol–water partition coefficient (Wildman–Crippen LogP) is 2.69. The first kappa shape index (κ1) is 13.0. The van der Waals surface area contributed by atoms with Gasteiger partial charge in [-0.2, -0.15) is 0 Å². The van der Waals surface area contributed by atoms with Crippen LogP contribution >= 0.6 is 0 Å². The van der Waals surface area contributed by atoms with Gasteiger partial charge in [-0.15, -0.1) is 0 Å². The highest BCUT2D eigenvalue weighted by Crippen LogP contribution is 2.30. The van der Waals surface area contributed by atoms with Crippen molar-refractivity contribution in [3.8, 4) is 16.9 Å². The number of aromatic nitrogens is 4. The molecular weight excluding hydrogens is 266 g/mol. The molecule has 0 atom stereocenters. The molecule has 21 heavy (non-hydrogen) atoms. The number of para-hydroxylation sites is 2. The van der Waals surface area contributed by atoms with Gasteiger partial charge in [0.25, 0.3) is 0 Å². The van der Waals surface area contributed by atoms with Crippen LogP contribution in [0.1, 0.15) is 0 Å². The number of anilines is 2. The minimum atomic E-state index is 0.671. The Bertz CT molecular complexity index is 733. The van der Waals surface area contributed by atoms with E-state index in [2.05, 4.69) is 25.3 Å². The molecule has 0 fully saturated rings. The topological polar surface area (TPSA) is 72.8 Å². The lowest BCUT2D eigenvalue weighted by atomic mass is 10.1. The van der Waals surface area contributed by atoms with Crippen LogP contribution in [0.25, 0.3) is 11.1 Å². The number of rotatable bonds is 4. The van der Waals surface area contributed by atoms with Gasteiger partial charge < -0.3 is 10.1 Å². The van der Waals surface area contributed by atoms with Crippen LogP contribution in [0, 0.1) is 0 Å². The third kappa shape index (κ3) is 2.79. The molecule has 2 heterocycles. The van der Waals surface area contributed by atoms with E-state index in [9.17, 15) is 0 Å².